The molecule has 6 nitrogen and oxygen atoms in total. The fraction of sp³-hybridized carbons (Fsp3) is 0.467. The average Bonchev–Trinajstić information content (AvgIpc) is 3.05. The van der Waals surface area contributed by atoms with Gasteiger partial charge in [-0.1, -0.05) is 0 Å². The third-order valence-corrected chi connectivity index (χ3v) is 4.43. The van der Waals surface area contributed by atoms with Gasteiger partial charge in [-0.2, -0.15) is 0 Å². The molecular formula is C15H18N2O4. The third-order valence-electron chi connectivity index (χ3n) is 4.43. The van der Waals surface area contributed by atoms with Gasteiger partial charge in [-0.15, -0.1) is 0 Å². The smallest absolute Gasteiger partial charge is 0.322 e. The first kappa shape index (κ1) is 13.7. The van der Waals surface area contributed by atoms with Crippen LogP contribution in [0.2, 0.25) is 0 Å². The molecule has 0 aliphatic carbocycles. The zero-order valence-corrected chi connectivity index (χ0v) is 11.8. The van der Waals surface area contributed by atoms with E-state index in [2.05, 4.69) is 5.32 Å². The van der Waals surface area contributed by atoms with Crippen LogP contribution in [0.15, 0.2) is 24.3 Å². The van der Waals surface area contributed by atoms with E-state index in [9.17, 15) is 14.7 Å². The summed E-state index contributed by atoms with van der Waals surface area (Å²) < 4.78 is 5.07. The molecule has 2 N–H and O–H groups in total. The molecule has 0 radical (unpaired) electrons. The number of carboxylic acid groups (broad SMARTS) is 1. The van der Waals surface area contributed by atoms with Crippen molar-refractivity contribution in [1.82, 2.24) is 4.90 Å². The van der Waals surface area contributed by atoms with Gasteiger partial charge in [-0.3, -0.25) is 4.79 Å². The van der Waals surface area contributed by atoms with Gasteiger partial charge >= 0.3 is 12.0 Å². The summed E-state index contributed by atoms with van der Waals surface area (Å²) in [4.78, 5) is 25.3. The summed E-state index contributed by atoms with van der Waals surface area (Å²) in [6, 6.07) is 6.74. The summed E-state index contributed by atoms with van der Waals surface area (Å²) in [5.74, 6) is -0.505. The Balaban J connectivity index is 1.69. The van der Waals surface area contributed by atoms with Crippen molar-refractivity contribution < 1.29 is 19.4 Å². The number of benzene rings is 1. The lowest BCUT2D eigenvalue weighted by molar-refractivity contribution is -0.142. The zero-order chi connectivity index (χ0) is 15.0. The standard InChI is InChI=1S/C15H18N2O4/c1-21-11-5-2-9(3-6-11)16-15(20)17-10-4-7-13(17)12(8-10)14(18)19/h2-3,5-6,10,12-13H,4,7-8H2,1H3,(H,16,20)(H,18,19). The van der Waals surface area contributed by atoms with Crippen LogP contribution in [0.4, 0.5) is 10.5 Å². The number of amides is 2. The summed E-state index contributed by atoms with van der Waals surface area (Å²) in [5.41, 5.74) is 0.680. The minimum absolute atomic E-state index is 0.0503. The molecule has 0 aromatic heterocycles. The summed E-state index contributed by atoms with van der Waals surface area (Å²) in [6.07, 6.45) is 2.23. The Morgan fingerprint density at radius 1 is 1.29 bits per heavy atom. The molecule has 1 aromatic carbocycles. The van der Waals surface area contributed by atoms with Crippen molar-refractivity contribution in [3.63, 3.8) is 0 Å². The number of anilines is 1. The van der Waals surface area contributed by atoms with Crippen LogP contribution >= 0.6 is 0 Å². The van der Waals surface area contributed by atoms with Gasteiger partial charge in [-0.25, -0.2) is 4.79 Å². The van der Waals surface area contributed by atoms with Crippen LogP contribution in [0.25, 0.3) is 0 Å². The lowest BCUT2D eigenvalue weighted by atomic mass is 9.89. The van der Waals surface area contributed by atoms with Crippen molar-refractivity contribution in [2.45, 2.75) is 31.3 Å². The molecule has 2 aliphatic heterocycles. The Hall–Kier alpha value is -2.24. The second-order valence-electron chi connectivity index (χ2n) is 5.54. The van der Waals surface area contributed by atoms with Gasteiger partial charge in [-0.05, 0) is 43.5 Å². The van der Waals surface area contributed by atoms with Crippen molar-refractivity contribution >= 4 is 17.7 Å². The molecule has 3 rings (SSSR count). The maximum Gasteiger partial charge on any atom is 0.322 e. The molecule has 2 aliphatic rings. The second kappa shape index (κ2) is 5.27. The molecule has 3 unspecified atom stereocenters. The first-order chi connectivity index (χ1) is 10.1. The van der Waals surface area contributed by atoms with E-state index in [1.807, 2.05) is 0 Å². The highest BCUT2D eigenvalue weighted by molar-refractivity contribution is 5.91. The number of nitrogens with one attached hydrogen (secondary N) is 1. The molecule has 2 fully saturated rings. The highest BCUT2D eigenvalue weighted by Gasteiger charge is 2.51. The van der Waals surface area contributed by atoms with Crippen molar-refractivity contribution in [1.29, 1.82) is 0 Å². The van der Waals surface area contributed by atoms with Crippen LogP contribution in [0.1, 0.15) is 19.3 Å². The number of methoxy groups -OCH3 is 1. The van der Waals surface area contributed by atoms with Crippen LogP contribution < -0.4 is 10.1 Å². The number of rotatable bonds is 3. The van der Waals surface area contributed by atoms with Gasteiger partial charge in [0.05, 0.1) is 13.0 Å². The van der Waals surface area contributed by atoms with Gasteiger partial charge in [0.15, 0.2) is 0 Å². The summed E-state index contributed by atoms with van der Waals surface area (Å²) in [7, 11) is 1.58. The van der Waals surface area contributed by atoms with Crippen LogP contribution in [0, 0.1) is 5.92 Å². The largest absolute Gasteiger partial charge is 0.497 e. The van der Waals surface area contributed by atoms with Gasteiger partial charge in [0.2, 0.25) is 0 Å². The number of carbonyl (C=O) groups is 2. The molecule has 2 bridgehead atoms. The van der Waals surface area contributed by atoms with Crippen LogP contribution in [0.3, 0.4) is 0 Å². The number of hydrogen-bond acceptors (Lipinski definition) is 3. The van der Waals surface area contributed by atoms with E-state index < -0.39 is 11.9 Å². The molecule has 0 spiro atoms. The van der Waals surface area contributed by atoms with E-state index >= 15 is 0 Å². The van der Waals surface area contributed by atoms with Crippen molar-refractivity contribution in [2.75, 3.05) is 12.4 Å². The van der Waals surface area contributed by atoms with Crippen molar-refractivity contribution in [3.8, 4) is 5.75 Å². The number of fused-ring (bicyclic) bond motifs is 2. The van der Waals surface area contributed by atoms with E-state index in [4.69, 9.17) is 4.74 Å². The van der Waals surface area contributed by atoms with Gasteiger partial charge < -0.3 is 20.1 Å². The zero-order valence-electron chi connectivity index (χ0n) is 11.8. The number of urea groups is 1. The average molecular weight is 290 g/mol. The molecule has 0 saturated carbocycles. The minimum atomic E-state index is -0.801. The normalized spacial score (nSPS) is 26.7. The Bertz CT molecular complexity index is 557. The number of carboxylic acids is 1. The monoisotopic (exact) mass is 290 g/mol. The van der Waals surface area contributed by atoms with Crippen LogP contribution in [-0.4, -0.2) is 41.2 Å². The molecule has 1 aromatic rings. The second-order valence-corrected chi connectivity index (χ2v) is 5.54. The van der Waals surface area contributed by atoms with E-state index in [0.29, 0.717) is 12.1 Å². The van der Waals surface area contributed by atoms with Crippen molar-refractivity contribution in [2.24, 2.45) is 5.92 Å². The lowest BCUT2D eigenvalue weighted by Gasteiger charge is -2.23. The first-order valence-electron chi connectivity index (χ1n) is 7.06. The maximum atomic E-state index is 12.4. The van der Waals surface area contributed by atoms with Gasteiger partial charge in [0.25, 0.3) is 0 Å². The fourth-order valence-electron chi connectivity index (χ4n) is 3.43. The molecule has 2 saturated heterocycles. The van der Waals surface area contributed by atoms with Crippen molar-refractivity contribution in [3.05, 3.63) is 24.3 Å². The van der Waals surface area contributed by atoms with E-state index in [1.54, 1.807) is 36.3 Å². The topological polar surface area (TPSA) is 78.9 Å². The van der Waals surface area contributed by atoms with E-state index in [1.165, 1.54) is 0 Å². The predicted octanol–water partition coefficient (Wildman–Crippen LogP) is 2.16. The number of carbonyl (C=O) groups excluding carboxylic acids is 1. The van der Waals surface area contributed by atoms with Gasteiger partial charge in [0.1, 0.15) is 5.75 Å². The molecule has 112 valence electrons. The predicted molar refractivity (Wildman–Crippen MR) is 76.4 cm³/mol. The number of nitrogens with zero attached hydrogens (tertiary/aromatic N) is 1. The van der Waals surface area contributed by atoms with Crippen LogP contribution in [-0.2, 0) is 4.79 Å². The molecule has 6 heteroatoms. The molecule has 2 amide bonds. The molecule has 21 heavy (non-hydrogen) atoms. The molecular weight excluding hydrogens is 272 g/mol. The number of hydrogen-bond donors (Lipinski definition) is 2. The third kappa shape index (κ3) is 2.41. The van der Waals surface area contributed by atoms with Crippen LogP contribution in [0.5, 0.6) is 5.75 Å². The Labute approximate surface area is 122 Å². The molecule has 2 heterocycles. The number of aliphatic carboxylic acids is 1. The van der Waals surface area contributed by atoms with E-state index in [-0.39, 0.29) is 18.1 Å². The summed E-state index contributed by atoms with van der Waals surface area (Å²) in [5, 5.41) is 12.0. The maximum absolute atomic E-state index is 12.4. The number of ether oxygens (including phenoxy) is 1. The SMILES string of the molecule is COc1ccc(NC(=O)N2C3CCC2C(C(=O)O)C3)cc1. The Morgan fingerprint density at radius 2 is 2.00 bits per heavy atom. The summed E-state index contributed by atoms with van der Waals surface area (Å²) in [6.45, 7) is 0. The first-order valence-corrected chi connectivity index (χ1v) is 7.06. The lowest BCUT2D eigenvalue weighted by Crippen LogP contribution is -2.40. The minimum Gasteiger partial charge on any atom is -0.497 e. The Kier molecular flexibility index (Phi) is 3.45. The highest BCUT2D eigenvalue weighted by atomic mass is 16.5. The highest BCUT2D eigenvalue weighted by Crippen LogP contribution is 2.42. The summed E-state index contributed by atoms with van der Waals surface area (Å²) >= 11 is 0. The molecule has 3 atom stereocenters. The fourth-order valence-corrected chi connectivity index (χ4v) is 3.43. The van der Waals surface area contributed by atoms with E-state index in [0.717, 1.165) is 18.6 Å². The van der Waals surface area contributed by atoms with Gasteiger partial charge in [0, 0.05) is 17.8 Å². The quantitative estimate of drug-likeness (QED) is 0.894. The Morgan fingerprint density at radius 3 is 2.57 bits per heavy atom.